The lowest BCUT2D eigenvalue weighted by molar-refractivity contribution is -0.192. The van der Waals surface area contributed by atoms with Gasteiger partial charge < -0.3 is 10.1 Å². The molecule has 1 aromatic carbocycles. The Balaban J connectivity index is 0.000000279. The highest BCUT2D eigenvalue weighted by Crippen LogP contribution is 2.52. The fraction of sp³-hybridized carbons (Fsp3) is 0.400. The zero-order valence-electron chi connectivity index (χ0n) is 15.0. The van der Waals surface area contributed by atoms with Crippen LogP contribution in [0.3, 0.4) is 0 Å². The molecule has 1 saturated carbocycles. The van der Waals surface area contributed by atoms with Crippen LogP contribution in [-0.4, -0.2) is 33.7 Å². The number of H-pyrrole nitrogens is 1. The number of aliphatic carboxylic acids is 1. The number of aromatic amines is 1. The third-order valence-corrected chi connectivity index (χ3v) is 5.35. The number of nitrogens with zero attached hydrogens (tertiary/aromatic N) is 1. The molecular formula is C20H21F3N2O3. The molecule has 2 aliphatic rings. The first-order chi connectivity index (χ1) is 13.3. The number of fused-ring (bicyclic) bond motifs is 1. The predicted molar refractivity (Wildman–Crippen MR) is 96.6 cm³/mol. The van der Waals surface area contributed by atoms with Crippen LogP contribution in [0.25, 0.3) is 0 Å². The van der Waals surface area contributed by atoms with Crippen LogP contribution in [0.2, 0.25) is 0 Å². The van der Waals surface area contributed by atoms with Crippen molar-refractivity contribution < 1.29 is 23.1 Å². The van der Waals surface area contributed by atoms with Crippen molar-refractivity contribution in [3.63, 3.8) is 0 Å². The Kier molecular flexibility index (Phi) is 5.88. The molecule has 2 heterocycles. The number of nitrogens with one attached hydrogen (secondary N) is 1. The molecule has 150 valence electrons. The SMILES string of the molecule is O=C(O)C(F)(F)F.O=c1cc(CN2C[C@@H]3CC[C@@H]3[C@@H]2c2ccccc2)cc[nH]1. The Morgan fingerprint density at radius 2 is 1.86 bits per heavy atom. The van der Waals surface area contributed by atoms with Crippen LogP contribution in [-0.2, 0) is 11.3 Å². The van der Waals surface area contributed by atoms with Crippen molar-refractivity contribution in [2.75, 3.05) is 6.54 Å². The number of likely N-dealkylation sites (tertiary alicyclic amines) is 1. The molecule has 5 nitrogen and oxygen atoms in total. The second kappa shape index (κ2) is 8.18. The number of alkyl halides is 3. The van der Waals surface area contributed by atoms with Gasteiger partial charge in [0.25, 0.3) is 0 Å². The van der Waals surface area contributed by atoms with Crippen molar-refractivity contribution in [3.05, 3.63) is 70.1 Å². The molecule has 1 saturated heterocycles. The number of rotatable bonds is 3. The van der Waals surface area contributed by atoms with E-state index in [4.69, 9.17) is 9.90 Å². The molecule has 0 spiro atoms. The molecule has 3 atom stereocenters. The average Bonchev–Trinajstić information content (AvgIpc) is 2.86. The van der Waals surface area contributed by atoms with Gasteiger partial charge in [-0.3, -0.25) is 9.69 Å². The molecule has 0 unspecified atom stereocenters. The first-order valence-corrected chi connectivity index (χ1v) is 9.02. The second-order valence-corrected chi connectivity index (χ2v) is 7.15. The van der Waals surface area contributed by atoms with Crippen molar-refractivity contribution >= 4 is 5.97 Å². The standard InChI is InChI=1S/C18H20N2O.C2HF3O2/c21-17-10-13(8-9-19-17)11-20-12-15-6-7-16(15)18(20)14-4-2-1-3-5-14;3-2(4,5)1(6)7/h1-5,8-10,15-16,18H,6-7,11-12H2,(H,19,21);(H,6,7)/t15-,16-,18-;/m0./s1. The monoisotopic (exact) mass is 394 g/mol. The summed E-state index contributed by atoms with van der Waals surface area (Å²) < 4.78 is 31.7. The van der Waals surface area contributed by atoms with Gasteiger partial charge in [-0.2, -0.15) is 13.2 Å². The smallest absolute Gasteiger partial charge is 0.475 e. The molecule has 2 N–H and O–H groups in total. The third-order valence-electron chi connectivity index (χ3n) is 5.35. The van der Waals surface area contributed by atoms with Gasteiger partial charge in [0, 0.05) is 31.4 Å². The van der Waals surface area contributed by atoms with E-state index in [2.05, 4.69) is 40.2 Å². The van der Waals surface area contributed by atoms with Crippen molar-refractivity contribution in [3.8, 4) is 0 Å². The first-order valence-electron chi connectivity index (χ1n) is 9.02. The highest BCUT2D eigenvalue weighted by molar-refractivity contribution is 5.73. The van der Waals surface area contributed by atoms with Gasteiger partial charge in [-0.25, -0.2) is 4.79 Å². The summed E-state index contributed by atoms with van der Waals surface area (Å²) in [5, 5.41) is 7.12. The van der Waals surface area contributed by atoms with Crippen molar-refractivity contribution in [1.82, 2.24) is 9.88 Å². The zero-order chi connectivity index (χ0) is 20.3. The normalized spacial score (nSPS) is 23.9. The van der Waals surface area contributed by atoms with Gasteiger partial charge in [-0.05, 0) is 41.9 Å². The summed E-state index contributed by atoms with van der Waals surface area (Å²) in [4.78, 5) is 25.6. The Bertz CT molecular complexity index is 867. The molecule has 2 fully saturated rings. The van der Waals surface area contributed by atoms with E-state index < -0.39 is 12.1 Å². The lowest BCUT2D eigenvalue weighted by atomic mass is 9.71. The van der Waals surface area contributed by atoms with E-state index in [0.717, 1.165) is 30.5 Å². The first kappa shape index (κ1) is 20.1. The van der Waals surface area contributed by atoms with Crippen LogP contribution < -0.4 is 5.56 Å². The summed E-state index contributed by atoms with van der Waals surface area (Å²) in [5.74, 6) is -1.11. The van der Waals surface area contributed by atoms with Gasteiger partial charge in [0.15, 0.2) is 0 Å². The Morgan fingerprint density at radius 1 is 1.18 bits per heavy atom. The average molecular weight is 394 g/mol. The van der Waals surface area contributed by atoms with E-state index in [0.29, 0.717) is 6.04 Å². The molecule has 0 amide bonds. The maximum Gasteiger partial charge on any atom is 0.490 e. The largest absolute Gasteiger partial charge is 0.490 e. The molecule has 1 aliphatic heterocycles. The number of carboxylic acid groups (broad SMARTS) is 1. The molecule has 28 heavy (non-hydrogen) atoms. The van der Waals surface area contributed by atoms with Crippen LogP contribution in [0.4, 0.5) is 13.2 Å². The number of hydrogen-bond acceptors (Lipinski definition) is 3. The van der Waals surface area contributed by atoms with Gasteiger partial charge >= 0.3 is 12.1 Å². The van der Waals surface area contributed by atoms with E-state index in [9.17, 15) is 18.0 Å². The maximum absolute atomic E-state index is 11.5. The predicted octanol–water partition coefficient (Wildman–Crippen LogP) is 3.59. The Hall–Kier alpha value is -2.61. The van der Waals surface area contributed by atoms with Crippen LogP contribution in [0.15, 0.2) is 53.5 Å². The molecule has 0 radical (unpaired) electrons. The third kappa shape index (κ3) is 4.62. The Labute approximate surface area is 159 Å². The summed E-state index contributed by atoms with van der Waals surface area (Å²) in [6.45, 7) is 2.04. The zero-order valence-corrected chi connectivity index (χ0v) is 15.0. The second-order valence-electron chi connectivity index (χ2n) is 7.15. The minimum atomic E-state index is -5.08. The number of carbonyl (C=O) groups is 1. The molecule has 1 aliphatic carbocycles. The van der Waals surface area contributed by atoms with Gasteiger partial charge in [0.05, 0.1) is 0 Å². The number of aromatic nitrogens is 1. The fourth-order valence-electron chi connectivity index (χ4n) is 4.02. The highest BCUT2D eigenvalue weighted by Gasteiger charge is 2.47. The number of halogens is 3. The molecule has 0 bridgehead atoms. The molecule has 4 rings (SSSR count). The molecule has 8 heteroatoms. The van der Waals surface area contributed by atoms with Gasteiger partial charge in [-0.15, -0.1) is 0 Å². The molecule has 1 aromatic heterocycles. The van der Waals surface area contributed by atoms with Crippen LogP contribution in [0.1, 0.15) is 30.0 Å². The summed E-state index contributed by atoms with van der Waals surface area (Å²) in [7, 11) is 0. The van der Waals surface area contributed by atoms with E-state index in [1.807, 2.05) is 6.07 Å². The van der Waals surface area contributed by atoms with Gasteiger partial charge in [0.2, 0.25) is 5.56 Å². The molecule has 2 aromatic rings. The molecular weight excluding hydrogens is 373 g/mol. The van der Waals surface area contributed by atoms with Crippen molar-refractivity contribution in [2.45, 2.75) is 31.6 Å². The minimum Gasteiger partial charge on any atom is -0.475 e. The maximum atomic E-state index is 11.5. The topological polar surface area (TPSA) is 73.4 Å². The van der Waals surface area contributed by atoms with Gasteiger partial charge in [0.1, 0.15) is 0 Å². The summed E-state index contributed by atoms with van der Waals surface area (Å²) in [5.41, 5.74) is 2.53. The fourth-order valence-corrected chi connectivity index (χ4v) is 4.02. The van der Waals surface area contributed by atoms with Crippen LogP contribution in [0, 0.1) is 11.8 Å². The lowest BCUT2D eigenvalue weighted by Crippen LogP contribution is -2.27. The number of hydrogen-bond donors (Lipinski definition) is 2. The Morgan fingerprint density at radius 3 is 2.39 bits per heavy atom. The van der Waals surface area contributed by atoms with Crippen molar-refractivity contribution in [2.24, 2.45) is 11.8 Å². The van der Waals surface area contributed by atoms with Gasteiger partial charge in [-0.1, -0.05) is 30.3 Å². The van der Waals surface area contributed by atoms with E-state index in [1.54, 1.807) is 12.3 Å². The minimum absolute atomic E-state index is 0.00840. The van der Waals surface area contributed by atoms with E-state index in [1.165, 1.54) is 18.4 Å². The quantitative estimate of drug-likeness (QED) is 0.835. The summed E-state index contributed by atoms with van der Waals surface area (Å²) in [6.07, 6.45) is -0.629. The highest BCUT2D eigenvalue weighted by atomic mass is 19.4. The van der Waals surface area contributed by atoms with Crippen LogP contribution in [0.5, 0.6) is 0 Å². The van der Waals surface area contributed by atoms with Crippen LogP contribution >= 0.6 is 0 Å². The number of benzene rings is 1. The summed E-state index contributed by atoms with van der Waals surface area (Å²) in [6, 6.07) is 15.1. The van der Waals surface area contributed by atoms with E-state index >= 15 is 0 Å². The van der Waals surface area contributed by atoms with E-state index in [-0.39, 0.29) is 5.56 Å². The lowest BCUT2D eigenvalue weighted by Gasteiger charge is -2.34. The number of carboxylic acids is 1. The van der Waals surface area contributed by atoms with Crippen molar-refractivity contribution in [1.29, 1.82) is 0 Å². The summed E-state index contributed by atoms with van der Waals surface area (Å²) >= 11 is 0. The number of pyridine rings is 1.